The van der Waals surface area contributed by atoms with E-state index in [1.165, 1.54) is 30.6 Å². The molecule has 0 saturated carbocycles. The average molecular weight is 542 g/mol. The van der Waals surface area contributed by atoms with Gasteiger partial charge in [-0.1, -0.05) is 6.08 Å². The number of rotatable bonds is 5. The van der Waals surface area contributed by atoms with Crippen molar-refractivity contribution in [1.82, 2.24) is 19.8 Å². The number of nitrogens with one attached hydrogen (secondary N) is 1. The zero-order valence-electron chi connectivity index (χ0n) is 20.0. The van der Waals surface area contributed by atoms with Crippen LogP contribution in [-0.4, -0.2) is 66.7 Å². The third-order valence-corrected chi connectivity index (χ3v) is 7.36. The number of halogens is 2. The molecule has 2 aliphatic heterocycles. The monoisotopic (exact) mass is 541 g/mol. The molecule has 2 aliphatic rings. The quantitative estimate of drug-likeness (QED) is 0.521. The second-order valence-corrected chi connectivity index (χ2v) is 9.68. The Morgan fingerprint density at radius 3 is 2.69 bits per heavy atom. The molecule has 9 heteroatoms. The van der Waals surface area contributed by atoms with E-state index in [4.69, 9.17) is 4.74 Å². The Labute approximate surface area is 212 Å². The van der Waals surface area contributed by atoms with E-state index in [2.05, 4.69) is 49.9 Å². The van der Waals surface area contributed by atoms with Crippen LogP contribution in [0.5, 0.6) is 5.75 Å². The van der Waals surface area contributed by atoms with Gasteiger partial charge < -0.3 is 24.4 Å². The lowest BCUT2D eigenvalue weighted by Crippen LogP contribution is -2.49. The van der Waals surface area contributed by atoms with Crippen molar-refractivity contribution in [1.29, 1.82) is 0 Å². The van der Waals surface area contributed by atoms with Crippen molar-refractivity contribution in [2.24, 2.45) is 0 Å². The average Bonchev–Trinajstić information content (AvgIpc) is 3.28. The number of fused-ring (bicyclic) bond motifs is 1. The summed E-state index contributed by atoms with van der Waals surface area (Å²) in [6, 6.07) is 7.48. The van der Waals surface area contributed by atoms with E-state index in [0.717, 1.165) is 41.4 Å². The lowest BCUT2D eigenvalue weighted by Gasteiger charge is -2.36. The molecule has 0 aliphatic carbocycles. The summed E-state index contributed by atoms with van der Waals surface area (Å²) in [4.78, 5) is 21.5. The molecule has 2 aromatic heterocycles. The van der Waals surface area contributed by atoms with E-state index in [1.807, 2.05) is 21.9 Å². The summed E-state index contributed by atoms with van der Waals surface area (Å²) < 4.78 is 22.1. The van der Waals surface area contributed by atoms with Gasteiger partial charge in [-0.3, -0.25) is 4.79 Å². The fraction of sp³-hybridized carbons (Fsp3) is 0.385. The molecule has 5 rings (SSSR count). The van der Waals surface area contributed by atoms with E-state index in [0.29, 0.717) is 43.3 Å². The van der Waals surface area contributed by atoms with E-state index < -0.39 is 5.82 Å². The maximum Gasteiger partial charge on any atom is 0.254 e. The number of ether oxygens (including phenoxy) is 1. The minimum Gasteiger partial charge on any atom is -0.493 e. The number of carbonyl (C=O) groups is 1. The first kappa shape index (κ1) is 23.8. The van der Waals surface area contributed by atoms with Crippen LogP contribution in [0.15, 0.2) is 41.0 Å². The lowest BCUT2D eigenvalue weighted by atomic mass is 10.1. The smallest absolute Gasteiger partial charge is 0.254 e. The Morgan fingerprint density at radius 1 is 1.20 bits per heavy atom. The highest BCUT2D eigenvalue weighted by Crippen LogP contribution is 2.33. The van der Waals surface area contributed by atoms with Crippen LogP contribution in [0.1, 0.15) is 29.4 Å². The first-order valence-corrected chi connectivity index (χ1v) is 12.8. The van der Waals surface area contributed by atoms with Crippen LogP contribution in [0, 0.1) is 5.82 Å². The summed E-state index contributed by atoms with van der Waals surface area (Å²) >= 11 is 3.74. The molecular formula is C26H29BrFN5O2. The number of anilines is 1. The van der Waals surface area contributed by atoms with Crippen LogP contribution < -0.4 is 15.0 Å². The Morgan fingerprint density at radius 2 is 2.00 bits per heavy atom. The highest BCUT2D eigenvalue weighted by Gasteiger charge is 2.26. The van der Waals surface area contributed by atoms with Gasteiger partial charge in [0.25, 0.3) is 5.91 Å². The fourth-order valence-electron chi connectivity index (χ4n) is 5.02. The maximum atomic E-state index is 13.5. The Kier molecular flexibility index (Phi) is 6.80. The number of benzene rings is 1. The highest BCUT2D eigenvalue weighted by molar-refractivity contribution is 9.10. The van der Waals surface area contributed by atoms with Gasteiger partial charge in [-0.15, -0.1) is 0 Å². The number of hydrogen-bond acceptors (Lipinski definition) is 5. The second-order valence-electron chi connectivity index (χ2n) is 8.82. The van der Waals surface area contributed by atoms with Crippen molar-refractivity contribution >= 4 is 44.1 Å². The first-order chi connectivity index (χ1) is 17.0. The largest absolute Gasteiger partial charge is 0.493 e. The van der Waals surface area contributed by atoms with Crippen LogP contribution in [0.3, 0.4) is 0 Å². The normalized spacial score (nSPS) is 16.5. The minimum absolute atomic E-state index is 0.00984. The number of methoxy groups -OCH3 is 1. The lowest BCUT2D eigenvalue weighted by molar-refractivity contribution is 0.0746. The number of piperazine rings is 1. The summed E-state index contributed by atoms with van der Waals surface area (Å²) in [5.41, 5.74) is 4.29. The Hall–Kier alpha value is -2.91. The molecule has 0 radical (unpaired) electrons. The Bertz CT molecular complexity index is 1300. The van der Waals surface area contributed by atoms with Crippen molar-refractivity contribution in [3.63, 3.8) is 0 Å². The zero-order chi connectivity index (χ0) is 24.5. The molecular weight excluding hydrogens is 513 g/mol. The molecule has 1 amide bonds. The zero-order valence-corrected chi connectivity index (χ0v) is 21.6. The molecule has 7 nitrogen and oxygen atoms in total. The molecule has 4 heterocycles. The third kappa shape index (κ3) is 4.54. The summed E-state index contributed by atoms with van der Waals surface area (Å²) in [6.07, 6.45) is 4.52. The molecule has 0 unspecified atom stereocenters. The number of amides is 1. The molecule has 35 heavy (non-hydrogen) atoms. The molecule has 1 fully saturated rings. The second kappa shape index (κ2) is 9.99. The van der Waals surface area contributed by atoms with E-state index >= 15 is 0 Å². The molecule has 1 N–H and O–H groups in total. The minimum atomic E-state index is -0.434. The molecule has 3 aromatic rings. The van der Waals surface area contributed by atoms with Crippen molar-refractivity contribution in [2.75, 3.05) is 51.3 Å². The summed E-state index contributed by atoms with van der Waals surface area (Å²) in [5, 5.41) is 4.51. The third-order valence-electron chi connectivity index (χ3n) is 6.75. The van der Waals surface area contributed by atoms with Gasteiger partial charge in [0.05, 0.1) is 18.8 Å². The predicted octanol–water partition coefficient (Wildman–Crippen LogP) is 4.31. The maximum absolute atomic E-state index is 13.5. The van der Waals surface area contributed by atoms with Gasteiger partial charge in [-0.25, -0.2) is 9.37 Å². The van der Waals surface area contributed by atoms with Crippen LogP contribution in [0.2, 0.25) is 0 Å². The Balaban J connectivity index is 1.37. The number of hydrogen-bond donors (Lipinski definition) is 1. The standard InChI is InChI=1S/C26H29BrFN5O2/c1-3-33-22(17-5-4-6-29-15-17)13-18-11-19(12-21(27)24(18)33)26(34)32-9-7-31(8-10-32)25-23(35-2)14-20(28)16-30-25/h5,11-14,16,29H,3-4,6-10,15H2,1-2H3. The van der Waals surface area contributed by atoms with Gasteiger partial charge in [0.1, 0.15) is 5.82 Å². The summed E-state index contributed by atoms with van der Waals surface area (Å²) in [7, 11) is 1.51. The van der Waals surface area contributed by atoms with E-state index in [-0.39, 0.29) is 5.91 Å². The van der Waals surface area contributed by atoms with Crippen LogP contribution in [0.4, 0.5) is 10.2 Å². The molecule has 0 bridgehead atoms. The molecule has 0 atom stereocenters. The molecule has 1 aromatic carbocycles. The molecule has 0 spiro atoms. The number of pyridine rings is 1. The first-order valence-electron chi connectivity index (χ1n) is 12.0. The van der Waals surface area contributed by atoms with Crippen molar-refractivity contribution < 1.29 is 13.9 Å². The van der Waals surface area contributed by atoms with Gasteiger partial charge >= 0.3 is 0 Å². The van der Waals surface area contributed by atoms with E-state index in [1.54, 1.807) is 0 Å². The summed E-state index contributed by atoms with van der Waals surface area (Å²) in [6.45, 7) is 7.17. The molecule has 184 valence electrons. The summed E-state index contributed by atoms with van der Waals surface area (Å²) in [5.74, 6) is 0.580. The number of aryl methyl sites for hydroxylation is 1. The SMILES string of the molecule is CCn1c(C2=CCCNC2)cc2cc(C(=O)N3CCN(c4ncc(F)cc4OC)CC3)cc(Br)c21. The predicted molar refractivity (Wildman–Crippen MR) is 140 cm³/mol. The van der Waals surface area contributed by atoms with Crippen molar-refractivity contribution in [3.8, 4) is 5.75 Å². The van der Waals surface area contributed by atoms with Gasteiger partial charge in [-0.2, -0.15) is 0 Å². The number of aromatic nitrogens is 2. The number of nitrogens with zero attached hydrogens (tertiary/aromatic N) is 4. The van der Waals surface area contributed by atoms with Crippen LogP contribution >= 0.6 is 15.9 Å². The van der Waals surface area contributed by atoms with Crippen LogP contribution in [0.25, 0.3) is 16.5 Å². The topological polar surface area (TPSA) is 62.6 Å². The fourth-order valence-corrected chi connectivity index (χ4v) is 5.71. The highest BCUT2D eigenvalue weighted by atomic mass is 79.9. The molecule has 1 saturated heterocycles. The van der Waals surface area contributed by atoms with E-state index in [9.17, 15) is 9.18 Å². The van der Waals surface area contributed by atoms with Gasteiger partial charge in [-0.05, 0) is 59.6 Å². The van der Waals surface area contributed by atoms with Gasteiger partial charge in [0, 0.05) is 66.5 Å². The van der Waals surface area contributed by atoms with Gasteiger partial charge in [0.2, 0.25) is 0 Å². The van der Waals surface area contributed by atoms with Crippen LogP contribution in [-0.2, 0) is 6.54 Å². The van der Waals surface area contributed by atoms with Gasteiger partial charge in [0.15, 0.2) is 11.6 Å². The number of carbonyl (C=O) groups excluding carboxylic acids is 1. The van der Waals surface area contributed by atoms with Crippen molar-refractivity contribution in [3.05, 3.63) is 58.1 Å². The van der Waals surface area contributed by atoms with Crippen molar-refractivity contribution in [2.45, 2.75) is 19.9 Å².